The Balaban J connectivity index is 1.66. The minimum Gasteiger partial charge on any atom is -0.491 e. The molecule has 1 unspecified atom stereocenters. The van der Waals surface area contributed by atoms with Crippen molar-refractivity contribution >= 4 is 35.8 Å². The Bertz CT molecular complexity index is 997. The first kappa shape index (κ1) is 28.5. The van der Waals surface area contributed by atoms with Crippen LogP contribution in [0.5, 0.6) is 5.75 Å². The number of halogens is 1. The van der Waals surface area contributed by atoms with Crippen LogP contribution in [0, 0.1) is 11.8 Å². The molecule has 0 spiro atoms. The predicted octanol–water partition coefficient (Wildman–Crippen LogP) is 7.35. The van der Waals surface area contributed by atoms with Crippen LogP contribution in [0.4, 0.5) is 5.69 Å². The highest BCUT2D eigenvalue weighted by Crippen LogP contribution is 2.35. The molecule has 6 heteroatoms. The van der Waals surface area contributed by atoms with E-state index in [1.165, 1.54) is 5.56 Å². The fraction of sp³-hybridized carbons (Fsp3) is 0.500. The molecule has 4 nitrogen and oxygen atoms in total. The van der Waals surface area contributed by atoms with Gasteiger partial charge in [0.05, 0.1) is 12.3 Å². The number of unbranched alkanes of at least 4 members (excludes halogenated alkanes) is 1. The quantitative estimate of drug-likeness (QED) is 0.153. The number of benzene rings is 2. The van der Waals surface area contributed by atoms with Crippen LogP contribution in [0.3, 0.4) is 0 Å². The Hall–Kier alpha value is -2.11. The number of nitrogens with two attached hydrogens (primary N) is 1. The number of hydrogen-bond acceptors (Lipinski definition) is 4. The van der Waals surface area contributed by atoms with E-state index in [4.69, 9.17) is 22.1 Å². The van der Waals surface area contributed by atoms with Crippen LogP contribution < -0.4 is 15.4 Å². The average molecular weight is 529 g/mol. The van der Waals surface area contributed by atoms with Crippen molar-refractivity contribution < 1.29 is 9.53 Å². The normalized spacial score (nSPS) is 16.4. The summed E-state index contributed by atoms with van der Waals surface area (Å²) in [6.07, 6.45) is 13.4. The molecule has 196 valence electrons. The minimum absolute atomic E-state index is 0.405. The first-order valence-corrected chi connectivity index (χ1v) is 14.3. The zero-order valence-corrected chi connectivity index (χ0v) is 23.2. The van der Waals surface area contributed by atoms with Gasteiger partial charge in [0, 0.05) is 29.6 Å². The van der Waals surface area contributed by atoms with Crippen LogP contribution >= 0.6 is 24.2 Å². The van der Waals surface area contributed by atoms with E-state index in [1.54, 1.807) is 6.07 Å². The highest BCUT2D eigenvalue weighted by Gasteiger charge is 2.24. The number of ether oxygens (including phenoxy) is 1. The number of nitrogens with zero attached hydrogens (tertiary/aromatic N) is 1. The van der Waals surface area contributed by atoms with Crippen molar-refractivity contribution in [3.8, 4) is 5.75 Å². The van der Waals surface area contributed by atoms with Crippen LogP contribution in [0.15, 0.2) is 54.6 Å². The molecule has 2 aromatic rings. The maximum absolute atomic E-state index is 11.9. The maximum Gasteiger partial charge on any atom is 0.248 e. The van der Waals surface area contributed by atoms with Crippen LogP contribution in [0.2, 0.25) is 5.02 Å². The highest BCUT2D eigenvalue weighted by molar-refractivity contribution is 7.80. The van der Waals surface area contributed by atoms with Gasteiger partial charge in [-0.25, -0.2) is 0 Å². The molecule has 1 aliphatic rings. The van der Waals surface area contributed by atoms with Crippen LogP contribution in [0.1, 0.15) is 67.8 Å². The largest absolute Gasteiger partial charge is 0.491 e. The van der Waals surface area contributed by atoms with Gasteiger partial charge in [0.25, 0.3) is 0 Å². The number of anilines is 1. The zero-order valence-electron chi connectivity index (χ0n) is 21.5. The lowest BCUT2D eigenvalue weighted by atomic mass is 9.96. The Labute approximate surface area is 227 Å². The van der Waals surface area contributed by atoms with Crippen molar-refractivity contribution in [1.82, 2.24) is 0 Å². The molecule has 0 saturated heterocycles. The first-order valence-electron chi connectivity index (χ1n) is 13.3. The number of fused-ring (bicyclic) bond motifs is 1. The smallest absolute Gasteiger partial charge is 0.248 e. The zero-order chi connectivity index (χ0) is 25.8. The summed E-state index contributed by atoms with van der Waals surface area (Å²) in [6, 6.07) is 13.7. The molecule has 0 aromatic heterocycles. The maximum atomic E-state index is 11.9. The third-order valence-corrected chi connectivity index (χ3v) is 7.61. The summed E-state index contributed by atoms with van der Waals surface area (Å²) in [5.41, 5.74) is 8.40. The number of hydrogen-bond donors (Lipinski definition) is 2. The lowest BCUT2D eigenvalue weighted by Crippen LogP contribution is -2.32. The molecule has 2 atom stereocenters. The van der Waals surface area contributed by atoms with Gasteiger partial charge in [-0.15, -0.1) is 0 Å². The second kappa shape index (κ2) is 15.2. The molecule has 0 fully saturated rings. The van der Waals surface area contributed by atoms with E-state index >= 15 is 0 Å². The topological polar surface area (TPSA) is 55.6 Å². The van der Waals surface area contributed by atoms with E-state index < -0.39 is 5.91 Å². The molecule has 2 aromatic carbocycles. The van der Waals surface area contributed by atoms with Crippen LogP contribution in [0.25, 0.3) is 0 Å². The van der Waals surface area contributed by atoms with Gasteiger partial charge in [-0.2, -0.15) is 12.6 Å². The summed E-state index contributed by atoms with van der Waals surface area (Å²) < 4.78 is 6.25. The van der Waals surface area contributed by atoms with Gasteiger partial charge in [-0.1, -0.05) is 49.2 Å². The lowest BCUT2D eigenvalue weighted by molar-refractivity contribution is 0.100. The molecule has 0 radical (unpaired) electrons. The number of aryl methyl sites for hydroxylation is 1. The third-order valence-electron chi connectivity index (χ3n) is 7.05. The summed E-state index contributed by atoms with van der Waals surface area (Å²) >= 11 is 10.5. The number of carbonyl (C=O) groups excluding carboxylic acids is 1. The number of carbonyl (C=O) groups is 1. The number of rotatable bonds is 14. The van der Waals surface area contributed by atoms with Crippen LogP contribution in [-0.4, -0.2) is 31.4 Å². The summed E-state index contributed by atoms with van der Waals surface area (Å²) in [5, 5.41) is 0.791. The molecule has 36 heavy (non-hydrogen) atoms. The third kappa shape index (κ3) is 9.08. The molecule has 0 saturated carbocycles. The Morgan fingerprint density at radius 3 is 2.86 bits per heavy atom. The van der Waals surface area contributed by atoms with E-state index in [-0.39, 0.29) is 0 Å². The molecule has 3 rings (SSSR count). The molecule has 0 aliphatic carbocycles. The Kier molecular flexibility index (Phi) is 12.0. The fourth-order valence-electron chi connectivity index (χ4n) is 4.83. The van der Waals surface area contributed by atoms with Gasteiger partial charge in [-0.05, 0) is 92.5 Å². The van der Waals surface area contributed by atoms with E-state index in [9.17, 15) is 4.79 Å². The van der Waals surface area contributed by atoms with Gasteiger partial charge in [-0.3, -0.25) is 4.79 Å². The Morgan fingerprint density at radius 2 is 2.11 bits per heavy atom. The summed E-state index contributed by atoms with van der Waals surface area (Å²) in [6.45, 7) is 4.81. The van der Waals surface area contributed by atoms with Crippen molar-refractivity contribution in [2.45, 2.75) is 58.3 Å². The van der Waals surface area contributed by atoms with Crippen molar-refractivity contribution in [3.63, 3.8) is 0 Å². The monoisotopic (exact) mass is 528 g/mol. The molecule has 1 amide bonds. The van der Waals surface area contributed by atoms with E-state index in [0.29, 0.717) is 24.0 Å². The molecule has 2 N–H and O–H groups in total. The molecule has 1 aliphatic heterocycles. The predicted molar refractivity (Wildman–Crippen MR) is 156 cm³/mol. The standard InChI is InChI=1S/C30H41ClN2O2S/c1-2-23(9-5-3-4-6-18-36)16-17-33-21-25(12-7-10-24-11-8-13-27(31)19-24)22-35-29-15-14-26(30(32)34)20-28(29)33/h3,5,8,11,13-15,19-20,23,25,36H,2,4,6-7,9-10,12,16-18,21-22H2,1H3,(H2,32,34)/b5-3+/t23-,25?/m0/s1. The summed E-state index contributed by atoms with van der Waals surface area (Å²) in [4.78, 5) is 14.3. The SMILES string of the molecule is CC[C@@H](C/C=C/CCCS)CCN1CC(CCCc2cccc(Cl)c2)COc2ccc(C(N)=O)cc21. The van der Waals surface area contributed by atoms with Crippen molar-refractivity contribution in [1.29, 1.82) is 0 Å². The van der Waals surface area contributed by atoms with Crippen molar-refractivity contribution in [2.75, 3.05) is 30.3 Å². The minimum atomic E-state index is -0.405. The number of primary amides is 1. The molecule has 1 heterocycles. The van der Waals surface area contributed by atoms with Gasteiger partial charge < -0.3 is 15.4 Å². The highest BCUT2D eigenvalue weighted by atomic mass is 35.5. The summed E-state index contributed by atoms with van der Waals surface area (Å²) in [5.74, 6) is 2.42. The number of amides is 1. The lowest BCUT2D eigenvalue weighted by Gasteiger charge is -2.28. The van der Waals surface area contributed by atoms with E-state index in [1.807, 2.05) is 24.3 Å². The first-order chi connectivity index (χ1) is 17.5. The van der Waals surface area contributed by atoms with Gasteiger partial charge in [0.15, 0.2) is 0 Å². The molecular weight excluding hydrogens is 488 g/mol. The van der Waals surface area contributed by atoms with Gasteiger partial charge >= 0.3 is 0 Å². The molecule has 0 bridgehead atoms. The van der Waals surface area contributed by atoms with Crippen molar-refractivity contribution in [2.24, 2.45) is 17.6 Å². The number of thiol groups is 1. The van der Waals surface area contributed by atoms with Gasteiger partial charge in [0.2, 0.25) is 5.91 Å². The van der Waals surface area contributed by atoms with Gasteiger partial charge in [0.1, 0.15) is 5.75 Å². The fourth-order valence-corrected chi connectivity index (χ4v) is 5.22. The second-order valence-corrected chi connectivity index (χ2v) is 10.7. The average Bonchev–Trinajstić information content (AvgIpc) is 3.04. The van der Waals surface area contributed by atoms with E-state index in [0.717, 1.165) is 86.7 Å². The number of allylic oxidation sites excluding steroid dienone is 2. The second-order valence-electron chi connectivity index (χ2n) is 9.83. The molecular formula is C30H41ClN2O2S. The van der Waals surface area contributed by atoms with Crippen molar-refractivity contribution in [3.05, 3.63) is 70.8 Å². The Morgan fingerprint density at radius 1 is 1.25 bits per heavy atom. The van der Waals surface area contributed by atoms with Crippen LogP contribution in [-0.2, 0) is 6.42 Å². The van der Waals surface area contributed by atoms with E-state index in [2.05, 4.69) is 48.7 Å². The summed E-state index contributed by atoms with van der Waals surface area (Å²) in [7, 11) is 0.